The highest BCUT2D eigenvalue weighted by atomic mass is 35.5. The molecule has 18 heavy (non-hydrogen) atoms. The molecule has 0 saturated carbocycles. The predicted octanol–water partition coefficient (Wildman–Crippen LogP) is 2.98. The first-order valence-electron chi connectivity index (χ1n) is 5.97. The number of nitriles is 1. The third-order valence-electron chi connectivity index (χ3n) is 3.05. The molecule has 0 amide bonds. The summed E-state index contributed by atoms with van der Waals surface area (Å²) in [5.41, 5.74) is 0.315. The van der Waals surface area contributed by atoms with Crippen LogP contribution in [0.1, 0.15) is 32.3 Å². The Morgan fingerprint density at radius 3 is 3.06 bits per heavy atom. The summed E-state index contributed by atoms with van der Waals surface area (Å²) < 4.78 is 5.66. The molecule has 4 nitrogen and oxygen atoms in total. The summed E-state index contributed by atoms with van der Waals surface area (Å²) in [6.07, 6.45) is 3.40. The van der Waals surface area contributed by atoms with E-state index in [2.05, 4.69) is 30.2 Å². The molecule has 1 aromatic rings. The van der Waals surface area contributed by atoms with Crippen molar-refractivity contribution >= 4 is 17.4 Å². The van der Waals surface area contributed by atoms with Gasteiger partial charge in [-0.25, -0.2) is 4.98 Å². The van der Waals surface area contributed by atoms with Crippen LogP contribution in [-0.4, -0.2) is 23.2 Å². The van der Waals surface area contributed by atoms with Crippen LogP contribution >= 0.6 is 11.6 Å². The number of anilines is 1. The van der Waals surface area contributed by atoms with Gasteiger partial charge in [0.15, 0.2) is 0 Å². The molecule has 2 heterocycles. The molecule has 1 aliphatic rings. The minimum absolute atomic E-state index is 0.130. The molecule has 0 aliphatic carbocycles. The second kappa shape index (κ2) is 5.13. The second-order valence-electron chi connectivity index (χ2n) is 5.08. The van der Waals surface area contributed by atoms with Crippen LogP contribution < -0.4 is 5.32 Å². The molecule has 1 atom stereocenters. The first-order chi connectivity index (χ1) is 8.52. The predicted molar refractivity (Wildman–Crippen MR) is 70.6 cm³/mol. The lowest BCUT2D eigenvalue weighted by Gasteiger charge is -2.36. The summed E-state index contributed by atoms with van der Waals surface area (Å²) in [6.45, 7) is 4.86. The van der Waals surface area contributed by atoms with E-state index >= 15 is 0 Å². The topological polar surface area (TPSA) is 57.9 Å². The van der Waals surface area contributed by atoms with Crippen molar-refractivity contribution in [1.82, 2.24) is 4.98 Å². The first-order valence-corrected chi connectivity index (χ1v) is 6.35. The zero-order chi connectivity index (χ0) is 13.2. The van der Waals surface area contributed by atoms with E-state index in [0.717, 1.165) is 19.4 Å². The number of hydrogen-bond acceptors (Lipinski definition) is 4. The monoisotopic (exact) mass is 265 g/mol. The Morgan fingerprint density at radius 1 is 1.61 bits per heavy atom. The van der Waals surface area contributed by atoms with Gasteiger partial charge in [-0.3, -0.25) is 0 Å². The average Bonchev–Trinajstić information content (AvgIpc) is 2.31. The molecule has 1 unspecified atom stereocenters. The zero-order valence-corrected chi connectivity index (χ0v) is 11.3. The van der Waals surface area contributed by atoms with E-state index < -0.39 is 0 Å². The lowest BCUT2D eigenvalue weighted by Crippen LogP contribution is -2.40. The molecular formula is C13H16ClN3O. The minimum atomic E-state index is -0.130. The van der Waals surface area contributed by atoms with Crippen LogP contribution in [0.2, 0.25) is 5.02 Å². The summed E-state index contributed by atoms with van der Waals surface area (Å²) in [6, 6.07) is 3.94. The van der Waals surface area contributed by atoms with Gasteiger partial charge in [-0.15, -0.1) is 0 Å². The Kier molecular flexibility index (Phi) is 3.74. The van der Waals surface area contributed by atoms with E-state index in [1.165, 1.54) is 0 Å². The van der Waals surface area contributed by atoms with Gasteiger partial charge in [-0.1, -0.05) is 11.6 Å². The highest BCUT2D eigenvalue weighted by Crippen LogP contribution is 2.29. The molecule has 1 saturated heterocycles. The average molecular weight is 266 g/mol. The standard InChI is InChI=1S/C13H16ClN3O/c1-13(2)7-10(4-6-18-13)17-12-11(14)9(8-15)3-5-16-12/h3,5,10H,4,6-7H2,1-2H3,(H,16,17). The highest BCUT2D eigenvalue weighted by molar-refractivity contribution is 6.34. The molecule has 1 aromatic heterocycles. The van der Waals surface area contributed by atoms with Crippen molar-refractivity contribution in [3.05, 3.63) is 22.8 Å². The summed E-state index contributed by atoms with van der Waals surface area (Å²) in [4.78, 5) is 4.19. The molecule has 96 valence electrons. The maximum Gasteiger partial charge on any atom is 0.146 e. The lowest BCUT2D eigenvalue weighted by atomic mass is 9.94. The summed E-state index contributed by atoms with van der Waals surface area (Å²) in [5.74, 6) is 0.582. The van der Waals surface area contributed by atoms with Crippen molar-refractivity contribution in [3.63, 3.8) is 0 Å². The summed E-state index contributed by atoms with van der Waals surface area (Å²) in [7, 11) is 0. The molecule has 1 fully saturated rings. The molecule has 0 bridgehead atoms. The van der Waals surface area contributed by atoms with Crippen LogP contribution in [0.15, 0.2) is 12.3 Å². The molecule has 1 aliphatic heterocycles. The largest absolute Gasteiger partial charge is 0.375 e. The van der Waals surface area contributed by atoms with E-state index in [4.69, 9.17) is 21.6 Å². The van der Waals surface area contributed by atoms with Crippen molar-refractivity contribution in [3.8, 4) is 6.07 Å². The number of pyridine rings is 1. The second-order valence-corrected chi connectivity index (χ2v) is 5.45. The van der Waals surface area contributed by atoms with Crippen LogP contribution in [0.4, 0.5) is 5.82 Å². The van der Waals surface area contributed by atoms with E-state index in [1.54, 1.807) is 12.3 Å². The van der Waals surface area contributed by atoms with Crippen LogP contribution in [0.25, 0.3) is 0 Å². The number of hydrogen-bond donors (Lipinski definition) is 1. The van der Waals surface area contributed by atoms with E-state index in [1.807, 2.05) is 0 Å². The van der Waals surface area contributed by atoms with E-state index in [9.17, 15) is 0 Å². The lowest BCUT2D eigenvalue weighted by molar-refractivity contribution is -0.0553. The maximum absolute atomic E-state index is 8.92. The fourth-order valence-corrected chi connectivity index (χ4v) is 2.39. The fraction of sp³-hybridized carbons (Fsp3) is 0.538. The molecular weight excluding hydrogens is 250 g/mol. The normalized spacial score (nSPS) is 22.2. The number of aromatic nitrogens is 1. The Labute approximate surface area is 112 Å². The third kappa shape index (κ3) is 2.92. The third-order valence-corrected chi connectivity index (χ3v) is 3.43. The molecule has 0 spiro atoms. The van der Waals surface area contributed by atoms with Gasteiger partial charge in [0.1, 0.15) is 16.9 Å². The SMILES string of the molecule is CC1(C)CC(Nc2nccc(C#N)c2Cl)CCO1. The van der Waals surface area contributed by atoms with Gasteiger partial charge in [0.25, 0.3) is 0 Å². The summed E-state index contributed by atoms with van der Waals surface area (Å²) >= 11 is 6.12. The minimum Gasteiger partial charge on any atom is -0.375 e. The molecule has 0 radical (unpaired) electrons. The Hall–Kier alpha value is -1.31. The molecule has 5 heteroatoms. The van der Waals surface area contributed by atoms with Gasteiger partial charge in [0.2, 0.25) is 0 Å². The summed E-state index contributed by atoms with van der Waals surface area (Å²) in [5, 5.41) is 12.6. The van der Waals surface area contributed by atoms with Crippen LogP contribution in [0, 0.1) is 11.3 Å². The number of ether oxygens (including phenoxy) is 1. The smallest absolute Gasteiger partial charge is 0.146 e. The number of nitrogens with zero attached hydrogens (tertiary/aromatic N) is 2. The van der Waals surface area contributed by atoms with E-state index in [-0.39, 0.29) is 11.6 Å². The van der Waals surface area contributed by atoms with Crippen molar-refractivity contribution in [1.29, 1.82) is 5.26 Å². The maximum atomic E-state index is 8.92. The van der Waals surface area contributed by atoms with Crippen LogP contribution in [0.3, 0.4) is 0 Å². The van der Waals surface area contributed by atoms with Gasteiger partial charge in [0, 0.05) is 18.8 Å². The number of halogens is 1. The first kappa shape index (κ1) is 13.1. The zero-order valence-electron chi connectivity index (χ0n) is 10.5. The van der Waals surface area contributed by atoms with Gasteiger partial charge < -0.3 is 10.1 Å². The van der Waals surface area contributed by atoms with Gasteiger partial charge in [-0.05, 0) is 32.8 Å². The number of rotatable bonds is 2. The molecule has 0 aromatic carbocycles. The van der Waals surface area contributed by atoms with Crippen molar-refractivity contribution in [2.24, 2.45) is 0 Å². The van der Waals surface area contributed by atoms with Gasteiger partial charge in [-0.2, -0.15) is 5.26 Å². The Balaban J connectivity index is 2.13. The van der Waals surface area contributed by atoms with Crippen molar-refractivity contribution in [2.45, 2.75) is 38.3 Å². The van der Waals surface area contributed by atoms with E-state index in [0.29, 0.717) is 16.4 Å². The fourth-order valence-electron chi connectivity index (χ4n) is 2.18. The van der Waals surface area contributed by atoms with Crippen molar-refractivity contribution in [2.75, 3.05) is 11.9 Å². The van der Waals surface area contributed by atoms with Crippen molar-refractivity contribution < 1.29 is 4.74 Å². The Morgan fingerprint density at radius 2 is 2.39 bits per heavy atom. The van der Waals surface area contributed by atoms with Gasteiger partial charge in [0.05, 0.1) is 11.2 Å². The molecule has 1 N–H and O–H groups in total. The van der Waals surface area contributed by atoms with Gasteiger partial charge >= 0.3 is 0 Å². The Bertz CT molecular complexity index is 482. The molecule has 2 rings (SSSR count). The van der Waals surface area contributed by atoms with Crippen LogP contribution in [0.5, 0.6) is 0 Å². The number of nitrogens with one attached hydrogen (secondary N) is 1. The quantitative estimate of drug-likeness (QED) is 0.893. The highest BCUT2D eigenvalue weighted by Gasteiger charge is 2.29. The van der Waals surface area contributed by atoms with Crippen LogP contribution in [-0.2, 0) is 4.74 Å².